The number of urea groups is 1. The normalized spacial score (nSPS) is 16.5. The molecule has 0 saturated carbocycles. The van der Waals surface area contributed by atoms with Crippen LogP contribution in [0.5, 0.6) is 0 Å². The molecule has 0 fully saturated rings. The average Bonchev–Trinajstić information content (AvgIpc) is 2.56. The molecule has 1 heterocycles. The van der Waals surface area contributed by atoms with Crippen molar-refractivity contribution >= 4 is 6.03 Å². The minimum absolute atomic E-state index is 0.0341. The van der Waals surface area contributed by atoms with E-state index in [1.165, 1.54) is 16.7 Å². The largest absolute Gasteiger partial charge is 0.331 e. The number of fused-ring (bicyclic) bond motifs is 1. The van der Waals surface area contributed by atoms with E-state index in [0.717, 1.165) is 24.8 Å². The van der Waals surface area contributed by atoms with Gasteiger partial charge in [0, 0.05) is 26.0 Å². The molecule has 1 unspecified atom stereocenters. The lowest BCUT2D eigenvalue weighted by molar-refractivity contribution is 0.201. The van der Waals surface area contributed by atoms with E-state index in [1.807, 2.05) is 19.2 Å². The van der Waals surface area contributed by atoms with Crippen LogP contribution >= 0.6 is 0 Å². The number of aryl methyl sites for hydroxylation is 2. The van der Waals surface area contributed by atoms with Gasteiger partial charge in [-0.1, -0.05) is 29.8 Å². The molecule has 1 aromatic carbocycles. The number of hydrogen-bond donors (Lipinski definition) is 1. The van der Waals surface area contributed by atoms with Crippen molar-refractivity contribution in [1.29, 1.82) is 0 Å². The van der Waals surface area contributed by atoms with Crippen molar-refractivity contribution in [2.75, 3.05) is 7.05 Å². The second-order valence-electron chi connectivity index (χ2n) is 6.31. The average molecular weight is 309 g/mol. The van der Waals surface area contributed by atoms with Crippen molar-refractivity contribution in [2.45, 2.75) is 38.8 Å². The fraction of sp³-hybridized carbons (Fsp3) is 0.368. The molecular weight excluding hydrogens is 286 g/mol. The number of carbonyl (C=O) groups excluding carboxylic acids is 1. The maximum atomic E-state index is 12.5. The molecule has 0 spiro atoms. The van der Waals surface area contributed by atoms with E-state index in [2.05, 4.69) is 35.4 Å². The van der Waals surface area contributed by atoms with Gasteiger partial charge in [-0.3, -0.25) is 4.98 Å². The Labute approximate surface area is 137 Å². The number of pyridine rings is 1. The summed E-state index contributed by atoms with van der Waals surface area (Å²) in [6.07, 6.45) is 6.76. The lowest BCUT2D eigenvalue weighted by Gasteiger charge is -2.29. The number of carbonyl (C=O) groups is 1. The molecule has 0 aliphatic heterocycles. The van der Waals surface area contributed by atoms with E-state index in [1.54, 1.807) is 17.3 Å². The molecule has 120 valence electrons. The standard InChI is InChI=1S/C19H23N3O/c1-14-8-9-16-6-3-7-18(17(16)11-14)21-19(23)22(2)13-15-5-4-10-20-12-15/h4-5,8-12,18H,3,6-7,13H2,1-2H3,(H,21,23). The van der Waals surface area contributed by atoms with E-state index in [4.69, 9.17) is 0 Å². The molecule has 3 rings (SSSR count). The molecule has 1 N–H and O–H groups in total. The van der Waals surface area contributed by atoms with Crippen molar-refractivity contribution in [3.8, 4) is 0 Å². The third kappa shape index (κ3) is 3.70. The van der Waals surface area contributed by atoms with E-state index in [-0.39, 0.29) is 12.1 Å². The third-order valence-electron chi connectivity index (χ3n) is 4.40. The molecule has 0 bridgehead atoms. The highest BCUT2D eigenvalue weighted by atomic mass is 16.2. The molecule has 23 heavy (non-hydrogen) atoms. The SMILES string of the molecule is Cc1ccc2c(c1)C(NC(=O)N(C)Cc1cccnc1)CCC2. The van der Waals surface area contributed by atoms with Crippen LogP contribution in [-0.4, -0.2) is 23.0 Å². The van der Waals surface area contributed by atoms with Crippen molar-refractivity contribution in [2.24, 2.45) is 0 Å². The first-order valence-corrected chi connectivity index (χ1v) is 8.13. The fourth-order valence-corrected chi connectivity index (χ4v) is 3.17. The van der Waals surface area contributed by atoms with Crippen LogP contribution in [0.2, 0.25) is 0 Å². The van der Waals surface area contributed by atoms with Crippen LogP contribution in [0.4, 0.5) is 4.79 Å². The van der Waals surface area contributed by atoms with Gasteiger partial charge in [-0.15, -0.1) is 0 Å². The van der Waals surface area contributed by atoms with E-state index < -0.39 is 0 Å². The lowest BCUT2D eigenvalue weighted by atomic mass is 9.87. The topological polar surface area (TPSA) is 45.2 Å². The van der Waals surface area contributed by atoms with Gasteiger partial charge in [0.2, 0.25) is 0 Å². The number of nitrogens with one attached hydrogen (secondary N) is 1. The summed E-state index contributed by atoms with van der Waals surface area (Å²) in [4.78, 5) is 18.3. The van der Waals surface area contributed by atoms with Gasteiger partial charge in [0.05, 0.1) is 6.04 Å². The predicted molar refractivity (Wildman–Crippen MR) is 91.1 cm³/mol. The zero-order chi connectivity index (χ0) is 16.2. The van der Waals surface area contributed by atoms with Gasteiger partial charge >= 0.3 is 6.03 Å². The van der Waals surface area contributed by atoms with Crippen LogP contribution in [0.3, 0.4) is 0 Å². The zero-order valence-corrected chi connectivity index (χ0v) is 13.7. The van der Waals surface area contributed by atoms with Crippen LogP contribution in [-0.2, 0) is 13.0 Å². The molecule has 0 radical (unpaired) electrons. The van der Waals surface area contributed by atoms with Crippen LogP contribution in [0, 0.1) is 6.92 Å². The summed E-state index contributed by atoms with van der Waals surface area (Å²) in [6, 6.07) is 10.5. The minimum atomic E-state index is -0.0341. The summed E-state index contributed by atoms with van der Waals surface area (Å²) in [5.74, 6) is 0. The highest BCUT2D eigenvalue weighted by molar-refractivity contribution is 5.74. The molecule has 2 aromatic rings. The van der Waals surface area contributed by atoms with Gasteiger partial charge in [-0.05, 0) is 48.9 Å². The van der Waals surface area contributed by atoms with Gasteiger partial charge < -0.3 is 10.2 Å². The molecule has 4 nitrogen and oxygen atoms in total. The second-order valence-corrected chi connectivity index (χ2v) is 6.31. The number of rotatable bonds is 3. The maximum Gasteiger partial charge on any atom is 0.317 e. The fourth-order valence-electron chi connectivity index (χ4n) is 3.17. The molecule has 1 aromatic heterocycles. The number of benzene rings is 1. The number of aromatic nitrogens is 1. The molecule has 2 amide bonds. The minimum Gasteiger partial charge on any atom is -0.331 e. The van der Waals surface area contributed by atoms with Gasteiger partial charge in [0.25, 0.3) is 0 Å². The molecule has 4 heteroatoms. The highest BCUT2D eigenvalue weighted by Crippen LogP contribution is 2.30. The summed E-state index contributed by atoms with van der Waals surface area (Å²) in [5, 5.41) is 3.19. The Bertz CT molecular complexity index is 684. The van der Waals surface area contributed by atoms with E-state index >= 15 is 0 Å². The first-order chi connectivity index (χ1) is 11.1. The van der Waals surface area contributed by atoms with Crippen LogP contribution in [0.1, 0.15) is 41.1 Å². The van der Waals surface area contributed by atoms with Crippen LogP contribution < -0.4 is 5.32 Å². The van der Waals surface area contributed by atoms with Crippen molar-refractivity contribution < 1.29 is 4.79 Å². The third-order valence-corrected chi connectivity index (χ3v) is 4.40. The summed E-state index contributed by atoms with van der Waals surface area (Å²) in [6.45, 7) is 2.66. The number of hydrogen-bond acceptors (Lipinski definition) is 2. The van der Waals surface area contributed by atoms with Gasteiger partial charge in [-0.25, -0.2) is 4.79 Å². The van der Waals surface area contributed by atoms with E-state index in [9.17, 15) is 4.79 Å². The Morgan fingerprint density at radius 3 is 3.04 bits per heavy atom. The van der Waals surface area contributed by atoms with Gasteiger partial charge in [0.15, 0.2) is 0 Å². The lowest BCUT2D eigenvalue weighted by Crippen LogP contribution is -2.40. The summed E-state index contributed by atoms with van der Waals surface area (Å²) in [7, 11) is 1.82. The molecule has 1 aliphatic carbocycles. The van der Waals surface area contributed by atoms with Crippen LogP contribution in [0.25, 0.3) is 0 Å². The number of nitrogens with zero attached hydrogens (tertiary/aromatic N) is 2. The van der Waals surface area contributed by atoms with Crippen molar-refractivity contribution in [1.82, 2.24) is 15.2 Å². The smallest absolute Gasteiger partial charge is 0.317 e. The summed E-state index contributed by atoms with van der Waals surface area (Å²) in [5.41, 5.74) is 4.92. The Morgan fingerprint density at radius 2 is 2.26 bits per heavy atom. The van der Waals surface area contributed by atoms with Gasteiger partial charge in [-0.2, -0.15) is 0 Å². The monoisotopic (exact) mass is 309 g/mol. The Hall–Kier alpha value is -2.36. The van der Waals surface area contributed by atoms with Gasteiger partial charge in [0.1, 0.15) is 0 Å². The quantitative estimate of drug-likeness (QED) is 0.941. The zero-order valence-electron chi connectivity index (χ0n) is 13.7. The molecular formula is C19H23N3O. The molecule has 0 saturated heterocycles. The Kier molecular flexibility index (Phi) is 4.60. The van der Waals surface area contributed by atoms with Crippen LogP contribution in [0.15, 0.2) is 42.7 Å². The molecule has 1 atom stereocenters. The number of amides is 2. The van der Waals surface area contributed by atoms with Crippen molar-refractivity contribution in [3.05, 3.63) is 65.0 Å². The highest BCUT2D eigenvalue weighted by Gasteiger charge is 2.23. The second kappa shape index (κ2) is 6.82. The summed E-state index contributed by atoms with van der Waals surface area (Å²) < 4.78 is 0. The first-order valence-electron chi connectivity index (χ1n) is 8.13. The molecule has 1 aliphatic rings. The van der Waals surface area contributed by atoms with E-state index in [0.29, 0.717) is 6.54 Å². The Balaban J connectivity index is 1.68. The Morgan fingerprint density at radius 1 is 1.39 bits per heavy atom. The summed E-state index contributed by atoms with van der Waals surface area (Å²) >= 11 is 0. The van der Waals surface area contributed by atoms with Crippen molar-refractivity contribution in [3.63, 3.8) is 0 Å². The predicted octanol–water partition coefficient (Wildman–Crippen LogP) is 3.61. The first kappa shape index (κ1) is 15.5. The maximum absolute atomic E-state index is 12.5.